The number of nitrogens with one attached hydrogen (secondary N) is 3. The Labute approximate surface area is 303 Å². The van der Waals surface area contributed by atoms with E-state index in [1.807, 2.05) is 67.8 Å². The second kappa shape index (κ2) is 17.2. The van der Waals surface area contributed by atoms with Crippen molar-refractivity contribution in [2.24, 2.45) is 17.2 Å². The van der Waals surface area contributed by atoms with Gasteiger partial charge in [-0.3, -0.25) is 19.2 Å². The zero-order valence-electron chi connectivity index (χ0n) is 26.1. The third-order valence-corrected chi connectivity index (χ3v) is 8.82. The van der Waals surface area contributed by atoms with Crippen molar-refractivity contribution in [3.8, 4) is 0 Å². The van der Waals surface area contributed by atoms with Crippen molar-refractivity contribution >= 4 is 109 Å². The number of ketones is 2. The molecule has 15 nitrogen and oxygen atoms in total. The summed E-state index contributed by atoms with van der Waals surface area (Å²) < 4.78 is 11.5. The van der Waals surface area contributed by atoms with E-state index in [0.29, 0.717) is 12.8 Å². The van der Waals surface area contributed by atoms with Crippen LogP contribution < -0.4 is 33.2 Å². The van der Waals surface area contributed by atoms with Crippen LogP contribution in [-0.2, 0) is 19.1 Å². The first-order valence-corrected chi connectivity index (χ1v) is 16.7. The van der Waals surface area contributed by atoms with Crippen LogP contribution in [0.25, 0.3) is 0 Å². The smallest absolute Gasteiger partial charge is 0.408 e. The molecule has 0 radical (unpaired) electrons. The number of hydrogen-bond donors (Lipinski definition) is 6. The Hall–Kier alpha value is -2.05. The number of Topliss-reactive ketones (excluding diaryl/α,β-unsaturated/α-hetero) is 2. The van der Waals surface area contributed by atoms with E-state index in [2.05, 4.69) is 16.0 Å². The van der Waals surface area contributed by atoms with E-state index in [0.717, 1.165) is 4.90 Å². The minimum atomic E-state index is -1.32. The van der Waals surface area contributed by atoms with Gasteiger partial charge in [0.2, 0.25) is 0 Å². The second-order valence-electron chi connectivity index (χ2n) is 11.7. The van der Waals surface area contributed by atoms with Crippen LogP contribution in [-0.4, -0.2) is 97.0 Å². The van der Waals surface area contributed by atoms with Crippen LogP contribution >= 0.6 is 67.8 Å². The minimum absolute atomic E-state index is 0.0767. The minimum Gasteiger partial charge on any atom is -0.444 e. The highest BCUT2D eigenvalue weighted by Gasteiger charge is 2.33. The molecule has 0 aliphatic rings. The molecule has 2 unspecified atom stereocenters. The molecular formula is C27H40I3N7O8. The zero-order valence-corrected chi connectivity index (χ0v) is 32.5. The molecule has 1 rings (SSSR count). The third-order valence-electron chi connectivity index (χ3n) is 5.59. The summed E-state index contributed by atoms with van der Waals surface area (Å²) >= 11 is 5.74. The normalized spacial score (nSPS) is 12.8. The molecule has 1 aromatic carbocycles. The predicted octanol–water partition coefficient (Wildman–Crippen LogP) is 1.93. The number of nitrogens with zero attached hydrogens (tertiary/aromatic N) is 1. The number of ether oxygens (including phenoxy) is 2. The summed E-state index contributed by atoms with van der Waals surface area (Å²) in [5.41, 5.74) is 17.0. The van der Waals surface area contributed by atoms with E-state index in [-0.39, 0.29) is 14.7 Å². The number of nitrogens with two attached hydrogens (primary N) is 3. The fourth-order valence-corrected chi connectivity index (χ4v) is 8.27. The monoisotopic (exact) mass is 971 g/mol. The molecule has 0 bridgehead atoms. The van der Waals surface area contributed by atoms with Crippen LogP contribution in [0.2, 0.25) is 0 Å². The lowest BCUT2D eigenvalue weighted by molar-refractivity contribution is -0.119. The van der Waals surface area contributed by atoms with Crippen LogP contribution in [0.15, 0.2) is 0 Å². The summed E-state index contributed by atoms with van der Waals surface area (Å²) in [7, 11) is 1.61. The first-order valence-electron chi connectivity index (χ1n) is 13.5. The van der Waals surface area contributed by atoms with Crippen LogP contribution in [0.4, 0.5) is 15.3 Å². The summed E-state index contributed by atoms with van der Waals surface area (Å²) in [6.45, 7) is 8.17. The summed E-state index contributed by atoms with van der Waals surface area (Å²) in [6.07, 6.45) is -1.66. The molecule has 1 aromatic rings. The summed E-state index contributed by atoms with van der Waals surface area (Å²) in [4.78, 5) is 77.4. The molecule has 0 saturated heterocycles. The topological polar surface area (TPSA) is 238 Å². The Balaban J connectivity index is 3.39. The van der Waals surface area contributed by atoms with Crippen LogP contribution in [0.5, 0.6) is 0 Å². The molecule has 0 fully saturated rings. The molecule has 45 heavy (non-hydrogen) atoms. The summed E-state index contributed by atoms with van der Waals surface area (Å²) in [6, 6.07) is -2.63. The molecular weight excluding hydrogens is 931 g/mol. The SMILES string of the molecule is CNc1c(I)c(C(N)=O)c(I)c(C(=O)N(CC(N)C(=O)CNC(=O)OC(C)(C)C)CC(N)C(=O)CNC(=O)OC(C)(C)C)c1I. The van der Waals surface area contributed by atoms with E-state index < -0.39 is 85.0 Å². The lowest BCUT2D eigenvalue weighted by Gasteiger charge is -2.29. The van der Waals surface area contributed by atoms with Crippen molar-refractivity contribution < 1.29 is 38.2 Å². The average molecular weight is 971 g/mol. The highest BCUT2D eigenvalue weighted by atomic mass is 127. The lowest BCUT2D eigenvalue weighted by Crippen LogP contribution is -2.54. The van der Waals surface area contributed by atoms with Crippen molar-refractivity contribution in [1.29, 1.82) is 0 Å². The van der Waals surface area contributed by atoms with E-state index in [1.54, 1.807) is 48.6 Å². The number of carbonyl (C=O) groups excluding carboxylic acids is 6. The number of alkyl carbamates (subject to hydrolysis) is 2. The van der Waals surface area contributed by atoms with E-state index in [1.165, 1.54) is 0 Å². The van der Waals surface area contributed by atoms with E-state index in [9.17, 15) is 28.8 Å². The van der Waals surface area contributed by atoms with Crippen molar-refractivity contribution in [3.63, 3.8) is 0 Å². The summed E-state index contributed by atoms with van der Waals surface area (Å²) in [5.74, 6) is -2.72. The Morgan fingerprint density at radius 2 is 1.11 bits per heavy atom. The Morgan fingerprint density at radius 3 is 1.44 bits per heavy atom. The third kappa shape index (κ3) is 12.9. The maximum Gasteiger partial charge on any atom is 0.408 e. The molecule has 0 aliphatic carbocycles. The van der Waals surface area contributed by atoms with Gasteiger partial charge in [0, 0.05) is 23.7 Å². The fourth-order valence-electron chi connectivity index (χ4n) is 3.57. The van der Waals surface area contributed by atoms with Gasteiger partial charge in [0.15, 0.2) is 11.6 Å². The maximum atomic E-state index is 14.1. The Kier molecular flexibility index (Phi) is 15.7. The number of benzene rings is 1. The molecule has 0 aromatic heterocycles. The van der Waals surface area contributed by atoms with Gasteiger partial charge in [0.25, 0.3) is 11.8 Å². The van der Waals surface area contributed by atoms with Gasteiger partial charge in [-0.2, -0.15) is 0 Å². The number of primary amides is 1. The van der Waals surface area contributed by atoms with Crippen molar-refractivity contribution in [2.45, 2.75) is 64.8 Å². The lowest BCUT2D eigenvalue weighted by atomic mass is 10.1. The molecule has 0 heterocycles. The maximum absolute atomic E-state index is 14.1. The fraction of sp³-hybridized carbons (Fsp3) is 0.556. The predicted molar refractivity (Wildman–Crippen MR) is 193 cm³/mol. The number of hydrogen-bond acceptors (Lipinski definition) is 11. The Bertz CT molecular complexity index is 1280. The number of amides is 4. The van der Waals surface area contributed by atoms with Gasteiger partial charge in [0.1, 0.15) is 11.2 Å². The molecule has 18 heteroatoms. The van der Waals surface area contributed by atoms with Crippen LogP contribution in [0.1, 0.15) is 62.3 Å². The molecule has 0 saturated carbocycles. The van der Waals surface area contributed by atoms with Crippen LogP contribution in [0, 0.1) is 10.7 Å². The van der Waals surface area contributed by atoms with Gasteiger partial charge in [-0.25, -0.2) is 9.59 Å². The standard InChI is InChI=1S/C27H40I3N7O8/c1-26(2,3)44-24(42)35-8-14(38)12(31)10-37(11-13(32)15(39)9-36-25(43)45-27(4,5)6)23(41)17-18(28)16(22(33)40)19(29)21(34-7)20(17)30/h12-13,34H,8-11,31-32H2,1-7H3,(H2,33,40)(H,35,42)(H,36,43). The van der Waals surface area contributed by atoms with Crippen LogP contribution in [0.3, 0.4) is 0 Å². The van der Waals surface area contributed by atoms with Gasteiger partial charge in [-0.05, 0) is 109 Å². The van der Waals surface area contributed by atoms with E-state index in [4.69, 9.17) is 26.7 Å². The highest BCUT2D eigenvalue weighted by molar-refractivity contribution is 14.1. The number of anilines is 1. The number of rotatable bonds is 13. The molecule has 4 amide bonds. The van der Waals surface area contributed by atoms with Crippen molar-refractivity contribution in [1.82, 2.24) is 15.5 Å². The largest absolute Gasteiger partial charge is 0.444 e. The van der Waals surface area contributed by atoms with Crippen molar-refractivity contribution in [3.05, 3.63) is 21.8 Å². The van der Waals surface area contributed by atoms with Gasteiger partial charge in [0.05, 0.1) is 49.1 Å². The molecule has 0 aliphatic heterocycles. The second-order valence-corrected chi connectivity index (χ2v) is 15.0. The molecule has 252 valence electrons. The van der Waals surface area contributed by atoms with Gasteiger partial charge >= 0.3 is 12.2 Å². The van der Waals surface area contributed by atoms with Gasteiger partial charge in [-0.1, -0.05) is 0 Å². The number of halogens is 3. The molecule has 0 spiro atoms. The first-order chi connectivity index (χ1) is 20.5. The first kappa shape index (κ1) is 41.0. The molecule has 9 N–H and O–H groups in total. The van der Waals surface area contributed by atoms with E-state index >= 15 is 0 Å². The number of carbonyl (C=O) groups is 6. The van der Waals surface area contributed by atoms with Gasteiger partial charge < -0.3 is 47.5 Å². The quantitative estimate of drug-likeness (QED) is 0.156. The summed E-state index contributed by atoms with van der Waals surface area (Å²) in [5, 5.41) is 7.62. The average Bonchev–Trinajstić information content (AvgIpc) is 2.87. The Morgan fingerprint density at radius 1 is 0.733 bits per heavy atom. The van der Waals surface area contributed by atoms with Crippen molar-refractivity contribution in [2.75, 3.05) is 38.5 Å². The molecule has 2 atom stereocenters. The highest BCUT2D eigenvalue weighted by Crippen LogP contribution is 2.36. The zero-order chi connectivity index (χ0) is 35.0. The van der Waals surface area contributed by atoms with Gasteiger partial charge in [-0.15, -0.1) is 0 Å².